The number of carbonyl (C=O) groups is 3. The Morgan fingerprint density at radius 2 is 1.83 bits per heavy atom. The second-order valence-electron chi connectivity index (χ2n) is 5.79. The molecule has 0 saturated carbocycles. The Hall–Kier alpha value is -1.70. The van der Waals surface area contributed by atoms with E-state index in [0.717, 1.165) is 9.26 Å². The van der Waals surface area contributed by atoms with Crippen molar-refractivity contribution in [3.8, 4) is 0 Å². The van der Waals surface area contributed by atoms with Crippen LogP contribution in [0.25, 0.3) is 0 Å². The second-order valence-corrected chi connectivity index (χ2v) is 7.04. The summed E-state index contributed by atoms with van der Waals surface area (Å²) in [7, 11) is 0. The van der Waals surface area contributed by atoms with Gasteiger partial charge >= 0.3 is 0 Å². The van der Waals surface area contributed by atoms with Crippen LogP contribution in [0.5, 0.6) is 0 Å². The molecule has 120 valence electrons. The van der Waals surface area contributed by atoms with Crippen LogP contribution in [-0.4, -0.2) is 29.2 Å². The predicted molar refractivity (Wildman–Crippen MR) is 94.5 cm³/mol. The molecule has 0 aromatic heterocycles. The molecule has 0 bridgehead atoms. The molecule has 1 aliphatic carbocycles. The number of rotatable bonds is 4. The number of likely N-dealkylation sites (tertiary alicyclic amines) is 1. The van der Waals surface area contributed by atoms with E-state index in [1.807, 2.05) is 36.4 Å². The normalized spacial score (nSPS) is 23.1. The number of anilines is 1. The van der Waals surface area contributed by atoms with E-state index in [2.05, 4.69) is 27.9 Å². The van der Waals surface area contributed by atoms with Gasteiger partial charge in [-0.25, -0.2) is 0 Å². The molecule has 3 rings (SSSR count). The van der Waals surface area contributed by atoms with Gasteiger partial charge in [-0.1, -0.05) is 18.2 Å². The van der Waals surface area contributed by atoms with Crippen LogP contribution >= 0.6 is 22.6 Å². The largest absolute Gasteiger partial charge is 0.326 e. The number of carbonyl (C=O) groups excluding carboxylic acids is 3. The molecule has 23 heavy (non-hydrogen) atoms. The van der Waals surface area contributed by atoms with Crippen LogP contribution in [0.1, 0.15) is 19.3 Å². The van der Waals surface area contributed by atoms with Crippen molar-refractivity contribution >= 4 is 46.0 Å². The topological polar surface area (TPSA) is 66.5 Å². The Balaban J connectivity index is 1.57. The van der Waals surface area contributed by atoms with Gasteiger partial charge in [-0.2, -0.15) is 0 Å². The highest BCUT2D eigenvalue weighted by Gasteiger charge is 2.46. The summed E-state index contributed by atoms with van der Waals surface area (Å²) >= 11 is 2.17. The molecule has 0 spiro atoms. The number of benzene rings is 1. The van der Waals surface area contributed by atoms with Crippen molar-refractivity contribution in [2.24, 2.45) is 11.8 Å². The average molecular weight is 424 g/mol. The fourth-order valence-corrected chi connectivity index (χ4v) is 3.64. The maximum absolute atomic E-state index is 12.3. The molecule has 0 radical (unpaired) electrons. The van der Waals surface area contributed by atoms with Gasteiger partial charge in [0, 0.05) is 22.2 Å². The lowest BCUT2D eigenvalue weighted by Crippen LogP contribution is -2.34. The number of amides is 3. The maximum Gasteiger partial charge on any atom is 0.233 e. The summed E-state index contributed by atoms with van der Waals surface area (Å²) in [5, 5.41) is 2.79. The van der Waals surface area contributed by atoms with E-state index in [0.29, 0.717) is 12.8 Å². The highest BCUT2D eigenvalue weighted by atomic mass is 127. The van der Waals surface area contributed by atoms with Crippen molar-refractivity contribution < 1.29 is 14.4 Å². The molecule has 1 aliphatic heterocycles. The maximum atomic E-state index is 12.3. The van der Waals surface area contributed by atoms with Gasteiger partial charge < -0.3 is 5.32 Å². The lowest BCUT2D eigenvalue weighted by atomic mass is 9.85. The second kappa shape index (κ2) is 6.82. The number of nitrogens with one attached hydrogen (secondary N) is 1. The standard InChI is InChI=1S/C17H17IN2O3/c18-11-4-3-5-12(10-11)19-15(21)8-9-20-16(22)13-6-1-2-7-14(13)17(20)23/h1-5,10,13-14H,6-9H2,(H,19,21). The third kappa shape index (κ3) is 3.46. The highest BCUT2D eigenvalue weighted by Crippen LogP contribution is 2.35. The molecule has 2 aliphatic rings. The SMILES string of the molecule is O=C(CCN1C(=O)C2CC=CCC2C1=O)Nc1cccc(I)c1. The van der Waals surface area contributed by atoms with Crippen LogP contribution in [0.4, 0.5) is 5.69 Å². The predicted octanol–water partition coefficient (Wildman–Crippen LogP) is 2.57. The lowest BCUT2D eigenvalue weighted by Gasteiger charge is -2.14. The Bertz CT molecular complexity index is 660. The van der Waals surface area contributed by atoms with Crippen molar-refractivity contribution in [2.45, 2.75) is 19.3 Å². The Morgan fingerprint density at radius 1 is 1.17 bits per heavy atom. The number of imide groups is 1. The van der Waals surface area contributed by atoms with Gasteiger partial charge in [0.25, 0.3) is 0 Å². The fraction of sp³-hybridized carbons (Fsp3) is 0.353. The van der Waals surface area contributed by atoms with E-state index in [9.17, 15) is 14.4 Å². The third-order valence-corrected chi connectivity index (χ3v) is 4.94. The number of hydrogen-bond donors (Lipinski definition) is 1. The summed E-state index contributed by atoms with van der Waals surface area (Å²) in [5.74, 6) is -0.920. The van der Waals surface area contributed by atoms with E-state index in [4.69, 9.17) is 0 Å². The first kappa shape index (κ1) is 16.2. The van der Waals surface area contributed by atoms with Crippen molar-refractivity contribution in [3.05, 3.63) is 40.0 Å². The van der Waals surface area contributed by atoms with Crippen LogP contribution < -0.4 is 5.32 Å². The minimum absolute atomic E-state index is 0.121. The molecule has 1 saturated heterocycles. The Kier molecular flexibility index (Phi) is 4.79. The summed E-state index contributed by atoms with van der Waals surface area (Å²) in [6, 6.07) is 7.48. The Morgan fingerprint density at radius 3 is 2.43 bits per heavy atom. The van der Waals surface area contributed by atoms with Gasteiger partial charge in [-0.15, -0.1) is 0 Å². The molecule has 2 unspecified atom stereocenters. The molecular weight excluding hydrogens is 407 g/mol. The van der Waals surface area contributed by atoms with E-state index >= 15 is 0 Å². The molecule has 1 aromatic carbocycles. The van der Waals surface area contributed by atoms with Gasteiger partial charge in [0.05, 0.1) is 11.8 Å². The zero-order valence-corrected chi connectivity index (χ0v) is 14.7. The zero-order chi connectivity index (χ0) is 16.4. The van der Waals surface area contributed by atoms with Crippen LogP contribution in [-0.2, 0) is 14.4 Å². The molecular formula is C17H17IN2O3. The van der Waals surface area contributed by atoms with Crippen LogP contribution in [0.15, 0.2) is 36.4 Å². The molecule has 1 heterocycles. The van der Waals surface area contributed by atoms with E-state index < -0.39 is 0 Å². The lowest BCUT2D eigenvalue weighted by molar-refractivity contribution is -0.140. The van der Waals surface area contributed by atoms with Gasteiger partial charge in [0.1, 0.15) is 0 Å². The summed E-state index contributed by atoms with van der Waals surface area (Å²) in [6.07, 6.45) is 5.29. The zero-order valence-electron chi connectivity index (χ0n) is 12.5. The molecule has 1 N–H and O–H groups in total. The summed E-state index contributed by atoms with van der Waals surface area (Å²) in [6.45, 7) is 0.153. The van der Waals surface area contributed by atoms with Gasteiger partial charge in [-0.3, -0.25) is 19.3 Å². The molecule has 1 fully saturated rings. The number of allylic oxidation sites excluding steroid dienone is 2. The van der Waals surface area contributed by atoms with E-state index in [1.54, 1.807) is 0 Å². The highest BCUT2D eigenvalue weighted by molar-refractivity contribution is 14.1. The van der Waals surface area contributed by atoms with Crippen molar-refractivity contribution in [1.29, 1.82) is 0 Å². The monoisotopic (exact) mass is 424 g/mol. The smallest absolute Gasteiger partial charge is 0.233 e. The quantitative estimate of drug-likeness (QED) is 0.459. The van der Waals surface area contributed by atoms with E-state index in [-0.39, 0.29) is 42.5 Å². The van der Waals surface area contributed by atoms with Crippen LogP contribution in [0.3, 0.4) is 0 Å². The van der Waals surface area contributed by atoms with Crippen molar-refractivity contribution in [2.75, 3.05) is 11.9 Å². The first-order chi connectivity index (χ1) is 11.1. The number of hydrogen-bond acceptors (Lipinski definition) is 3. The summed E-state index contributed by atoms with van der Waals surface area (Å²) in [5.41, 5.74) is 0.721. The summed E-state index contributed by atoms with van der Waals surface area (Å²) < 4.78 is 1.03. The fourth-order valence-electron chi connectivity index (χ4n) is 3.09. The Labute approximate surface area is 148 Å². The number of nitrogens with zero attached hydrogens (tertiary/aromatic N) is 1. The minimum Gasteiger partial charge on any atom is -0.326 e. The van der Waals surface area contributed by atoms with Gasteiger partial charge in [0.15, 0.2) is 0 Å². The van der Waals surface area contributed by atoms with Crippen LogP contribution in [0, 0.1) is 15.4 Å². The third-order valence-electron chi connectivity index (χ3n) is 4.27. The molecule has 1 aromatic rings. The number of halogens is 1. The molecule has 3 amide bonds. The summed E-state index contributed by atoms with van der Waals surface area (Å²) in [4.78, 5) is 37.9. The molecule has 6 heteroatoms. The van der Waals surface area contributed by atoms with Gasteiger partial charge in [0.2, 0.25) is 17.7 Å². The van der Waals surface area contributed by atoms with Crippen molar-refractivity contribution in [1.82, 2.24) is 4.90 Å². The minimum atomic E-state index is -0.230. The molecule has 2 atom stereocenters. The average Bonchev–Trinajstić information content (AvgIpc) is 2.77. The first-order valence-electron chi connectivity index (χ1n) is 7.62. The molecule has 5 nitrogen and oxygen atoms in total. The van der Waals surface area contributed by atoms with Gasteiger partial charge in [-0.05, 0) is 53.6 Å². The first-order valence-corrected chi connectivity index (χ1v) is 8.70. The van der Waals surface area contributed by atoms with Crippen LogP contribution in [0.2, 0.25) is 0 Å². The van der Waals surface area contributed by atoms with Crippen molar-refractivity contribution in [3.63, 3.8) is 0 Å². The number of fused-ring (bicyclic) bond motifs is 1. The van der Waals surface area contributed by atoms with E-state index in [1.165, 1.54) is 4.90 Å².